The van der Waals surface area contributed by atoms with Crippen LogP contribution in [-0.2, 0) is 0 Å². The first-order valence-electron chi connectivity index (χ1n) is 5.05. The zero-order valence-corrected chi connectivity index (χ0v) is 9.40. The van der Waals surface area contributed by atoms with Gasteiger partial charge in [-0.1, -0.05) is 64.1 Å². The maximum absolute atomic E-state index is 2.37. The molecule has 0 spiro atoms. The number of allylic oxidation sites excluding steroid dienone is 4. The number of hydrogen-bond donors (Lipinski definition) is 0. The van der Waals surface area contributed by atoms with Crippen LogP contribution < -0.4 is 5.30 Å². The van der Waals surface area contributed by atoms with Gasteiger partial charge in [-0.05, 0) is 23.0 Å². The second kappa shape index (κ2) is 4.57. The van der Waals surface area contributed by atoms with E-state index in [0.29, 0.717) is 0 Å². The molecule has 1 aliphatic carbocycles. The quantitative estimate of drug-likeness (QED) is 0.644. The molecule has 1 aromatic rings. The maximum atomic E-state index is 2.37. The Bertz CT molecular complexity index is 349. The molecule has 0 aliphatic heterocycles. The summed E-state index contributed by atoms with van der Waals surface area (Å²) < 4.78 is 0. The molecule has 0 heterocycles. The fourth-order valence-electron chi connectivity index (χ4n) is 1.51. The van der Waals surface area contributed by atoms with Crippen LogP contribution in [0.3, 0.4) is 0 Å². The summed E-state index contributed by atoms with van der Waals surface area (Å²) in [6, 6.07) is 10.7. The second-order valence-electron chi connectivity index (χ2n) is 3.72. The number of rotatable bonds is 2. The van der Waals surface area contributed by atoms with Crippen LogP contribution >= 0.6 is 8.58 Å². The first-order valence-corrected chi connectivity index (χ1v) is 6.05. The molecule has 0 bridgehead atoms. The molecule has 0 amide bonds. The summed E-state index contributed by atoms with van der Waals surface area (Å²) >= 11 is 0. The molecular formula is C13H15P. The van der Waals surface area contributed by atoms with E-state index in [1.54, 1.807) is 0 Å². The molecule has 0 fully saturated rings. The van der Waals surface area contributed by atoms with Gasteiger partial charge in [-0.25, -0.2) is 0 Å². The predicted octanol–water partition coefficient (Wildman–Crippen LogP) is 3.47. The van der Waals surface area contributed by atoms with E-state index in [1.165, 1.54) is 17.0 Å². The molecule has 1 heteroatoms. The van der Waals surface area contributed by atoms with Crippen molar-refractivity contribution >= 4 is 13.9 Å². The molecule has 0 saturated heterocycles. The van der Waals surface area contributed by atoms with Crippen molar-refractivity contribution in [1.29, 1.82) is 0 Å². The van der Waals surface area contributed by atoms with Crippen LogP contribution in [0, 0.1) is 5.92 Å². The Morgan fingerprint density at radius 2 is 2.00 bits per heavy atom. The SMILES string of the molecule is CC1C=CC(Pc2ccccc2)=CC1. The molecule has 1 aliphatic rings. The van der Waals surface area contributed by atoms with Gasteiger partial charge in [0.25, 0.3) is 0 Å². The Kier molecular flexibility index (Phi) is 3.16. The van der Waals surface area contributed by atoms with Gasteiger partial charge in [0, 0.05) is 0 Å². The van der Waals surface area contributed by atoms with Crippen molar-refractivity contribution in [2.75, 3.05) is 0 Å². The summed E-state index contributed by atoms with van der Waals surface area (Å²) in [6.45, 7) is 2.26. The minimum Gasteiger partial charge on any atom is -0.0808 e. The number of hydrogen-bond acceptors (Lipinski definition) is 0. The highest BCUT2D eigenvalue weighted by Crippen LogP contribution is 2.29. The van der Waals surface area contributed by atoms with E-state index < -0.39 is 0 Å². The summed E-state index contributed by atoms with van der Waals surface area (Å²) in [5.41, 5.74) is 0. The summed E-state index contributed by atoms with van der Waals surface area (Å²) in [5.74, 6) is 0.722. The molecule has 2 unspecified atom stereocenters. The summed E-state index contributed by atoms with van der Waals surface area (Å²) in [6.07, 6.45) is 8.16. The number of benzene rings is 1. The lowest BCUT2D eigenvalue weighted by molar-refractivity contribution is 0.735. The summed E-state index contributed by atoms with van der Waals surface area (Å²) in [7, 11) is 0.818. The molecule has 72 valence electrons. The van der Waals surface area contributed by atoms with Crippen molar-refractivity contribution in [2.45, 2.75) is 13.3 Å². The van der Waals surface area contributed by atoms with Gasteiger partial charge in [-0.2, -0.15) is 0 Å². The van der Waals surface area contributed by atoms with Gasteiger partial charge < -0.3 is 0 Å². The van der Waals surface area contributed by atoms with E-state index in [4.69, 9.17) is 0 Å². The third-order valence-electron chi connectivity index (χ3n) is 2.38. The summed E-state index contributed by atoms with van der Waals surface area (Å²) in [4.78, 5) is 0. The van der Waals surface area contributed by atoms with Gasteiger partial charge in [-0.3, -0.25) is 0 Å². The van der Waals surface area contributed by atoms with Crippen molar-refractivity contribution in [1.82, 2.24) is 0 Å². The third-order valence-corrected chi connectivity index (χ3v) is 3.66. The fraction of sp³-hybridized carbons (Fsp3) is 0.231. The molecule has 2 atom stereocenters. The van der Waals surface area contributed by atoms with Gasteiger partial charge >= 0.3 is 0 Å². The van der Waals surface area contributed by atoms with Crippen LogP contribution in [0.15, 0.2) is 53.9 Å². The minimum atomic E-state index is 0.722. The van der Waals surface area contributed by atoms with Crippen LogP contribution in [0.5, 0.6) is 0 Å². The Labute approximate surface area is 87.5 Å². The maximum Gasteiger partial charge on any atom is -0.0224 e. The highest BCUT2D eigenvalue weighted by atomic mass is 31.1. The average molecular weight is 202 g/mol. The molecule has 0 nitrogen and oxygen atoms in total. The summed E-state index contributed by atoms with van der Waals surface area (Å²) in [5, 5.41) is 2.91. The van der Waals surface area contributed by atoms with E-state index in [-0.39, 0.29) is 0 Å². The smallest absolute Gasteiger partial charge is 0.0224 e. The lowest BCUT2D eigenvalue weighted by Gasteiger charge is -2.11. The Morgan fingerprint density at radius 3 is 2.64 bits per heavy atom. The normalized spacial score (nSPS) is 21.5. The van der Waals surface area contributed by atoms with E-state index in [1.807, 2.05) is 0 Å². The molecule has 0 radical (unpaired) electrons. The van der Waals surface area contributed by atoms with Crippen molar-refractivity contribution in [3.63, 3.8) is 0 Å². The van der Waals surface area contributed by atoms with Gasteiger partial charge in [0.2, 0.25) is 0 Å². The van der Waals surface area contributed by atoms with Gasteiger partial charge in [0.1, 0.15) is 0 Å². The minimum absolute atomic E-state index is 0.722. The molecule has 14 heavy (non-hydrogen) atoms. The second-order valence-corrected chi connectivity index (χ2v) is 5.13. The van der Waals surface area contributed by atoms with Gasteiger partial charge in [-0.15, -0.1) is 0 Å². The van der Waals surface area contributed by atoms with Crippen molar-refractivity contribution in [3.8, 4) is 0 Å². The first kappa shape index (κ1) is 9.68. The van der Waals surface area contributed by atoms with E-state index in [0.717, 1.165) is 14.5 Å². The predicted molar refractivity (Wildman–Crippen MR) is 65.4 cm³/mol. The molecule has 0 aromatic heterocycles. The van der Waals surface area contributed by atoms with Gasteiger partial charge in [0.15, 0.2) is 0 Å². The lowest BCUT2D eigenvalue weighted by atomic mass is 10.0. The van der Waals surface area contributed by atoms with Crippen LogP contribution in [0.25, 0.3) is 0 Å². The van der Waals surface area contributed by atoms with Crippen LogP contribution in [0.2, 0.25) is 0 Å². The largest absolute Gasteiger partial charge is 0.0808 e. The molecule has 0 saturated carbocycles. The highest BCUT2D eigenvalue weighted by Gasteiger charge is 2.03. The van der Waals surface area contributed by atoms with Crippen molar-refractivity contribution in [3.05, 3.63) is 53.9 Å². The molecule has 0 N–H and O–H groups in total. The first-order chi connectivity index (χ1) is 6.84. The zero-order chi connectivity index (χ0) is 9.80. The third kappa shape index (κ3) is 2.56. The van der Waals surface area contributed by atoms with Crippen LogP contribution in [0.1, 0.15) is 13.3 Å². The Balaban J connectivity index is 2.03. The van der Waals surface area contributed by atoms with Crippen molar-refractivity contribution in [2.24, 2.45) is 5.92 Å². The molecule has 1 aromatic carbocycles. The van der Waals surface area contributed by atoms with E-state index in [9.17, 15) is 0 Å². The molecular weight excluding hydrogens is 187 g/mol. The van der Waals surface area contributed by atoms with Crippen LogP contribution in [-0.4, -0.2) is 0 Å². The van der Waals surface area contributed by atoms with Crippen LogP contribution in [0.4, 0.5) is 0 Å². The topological polar surface area (TPSA) is 0 Å². The fourth-order valence-corrected chi connectivity index (χ4v) is 2.60. The zero-order valence-electron chi connectivity index (χ0n) is 8.40. The van der Waals surface area contributed by atoms with E-state index in [2.05, 4.69) is 55.5 Å². The highest BCUT2D eigenvalue weighted by molar-refractivity contribution is 7.52. The van der Waals surface area contributed by atoms with Crippen molar-refractivity contribution < 1.29 is 0 Å². The Hall–Kier alpha value is -0.870. The standard InChI is InChI=1S/C13H15P/c1-11-7-9-13(10-8-11)14-12-5-3-2-4-6-12/h2-7,9-11,14H,8H2,1H3. The lowest BCUT2D eigenvalue weighted by Crippen LogP contribution is -1.96. The molecule has 2 rings (SSSR count). The average Bonchev–Trinajstić information content (AvgIpc) is 2.23. The van der Waals surface area contributed by atoms with E-state index >= 15 is 0 Å². The monoisotopic (exact) mass is 202 g/mol. The van der Waals surface area contributed by atoms with Gasteiger partial charge in [0.05, 0.1) is 0 Å². The Morgan fingerprint density at radius 1 is 1.21 bits per heavy atom.